The number of amides is 1. The number of nitrogens with zero attached hydrogens (tertiary/aromatic N) is 1. The third-order valence-corrected chi connectivity index (χ3v) is 6.14. The lowest BCUT2D eigenvalue weighted by Gasteiger charge is -2.09. The van der Waals surface area contributed by atoms with E-state index >= 15 is 0 Å². The average molecular weight is 421 g/mol. The molecular weight excluding hydrogens is 403 g/mol. The van der Waals surface area contributed by atoms with Crippen molar-refractivity contribution in [3.63, 3.8) is 0 Å². The van der Waals surface area contributed by atoms with Gasteiger partial charge in [-0.1, -0.05) is 12.1 Å². The van der Waals surface area contributed by atoms with Gasteiger partial charge < -0.3 is 10.3 Å². The molecule has 2 N–H and O–H groups in total. The molecule has 0 spiro atoms. The van der Waals surface area contributed by atoms with Crippen LogP contribution in [0.25, 0.3) is 10.2 Å². The molecule has 2 aromatic heterocycles. The Labute approximate surface area is 168 Å². The molecule has 0 radical (unpaired) electrons. The summed E-state index contributed by atoms with van der Waals surface area (Å²) in [6.07, 6.45) is -1.15. The standard InChI is InChI=1S/C20H18F3N3O2S/c21-20(22,23)12-4-1-3-11(9-12)10-24-16(27)8-7-15-25-18(28)17-13-5-2-6-14(13)29-19(17)26-15/h1,3-4,9H,2,5-8,10H2,(H,24,27)(H,25,26,28). The molecule has 0 unspecified atom stereocenters. The normalized spacial score (nSPS) is 13.6. The summed E-state index contributed by atoms with van der Waals surface area (Å²) in [5.41, 5.74) is 0.550. The minimum Gasteiger partial charge on any atom is -0.352 e. The average Bonchev–Trinajstić information content (AvgIpc) is 3.25. The molecule has 5 nitrogen and oxygen atoms in total. The van der Waals surface area contributed by atoms with E-state index in [0.29, 0.717) is 21.6 Å². The number of rotatable bonds is 5. The molecule has 9 heteroatoms. The van der Waals surface area contributed by atoms with Crippen LogP contribution in [0.4, 0.5) is 13.2 Å². The van der Waals surface area contributed by atoms with Crippen molar-refractivity contribution in [2.24, 2.45) is 0 Å². The van der Waals surface area contributed by atoms with Crippen LogP contribution in [-0.2, 0) is 36.8 Å². The Kier molecular flexibility index (Phi) is 5.16. The second-order valence-corrected chi connectivity index (χ2v) is 8.11. The maximum atomic E-state index is 12.7. The number of hydrogen-bond acceptors (Lipinski definition) is 4. The molecule has 3 aromatic rings. The summed E-state index contributed by atoms with van der Waals surface area (Å²) in [5.74, 6) is 0.121. The summed E-state index contributed by atoms with van der Waals surface area (Å²) in [7, 11) is 0. The first-order valence-electron chi connectivity index (χ1n) is 9.27. The monoisotopic (exact) mass is 421 g/mol. The summed E-state index contributed by atoms with van der Waals surface area (Å²) in [5, 5.41) is 3.27. The number of benzene rings is 1. The van der Waals surface area contributed by atoms with Crippen LogP contribution in [0.5, 0.6) is 0 Å². The van der Waals surface area contributed by atoms with Gasteiger partial charge in [0.1, 0.15) is 10.7 Å². The fourth-order valence-corrected chi connectivity index (χ4v) is 4.82. The van der Waals surface area contributed by atoms with Crippen molar-refractivity contribution in [2.45, 2.75) is 44.8 Å². The number of H-pyrrole nitrogens is 1. The molecule has 1 aromatic carbocycles. The van der Waals surface area contributed by atoms with E-state index < -0.39 is 11.7 Å². The van der Waals surface area contributed by atoms with Gasteiger partial charge in [0.2, 0.25) is 5.91 Å². The Bertz CT molecular complexity index is 1130. The number of nitrogens with one attached hydrogen (secondary N) is 2. The first kappa shape index (κ1) is 19.6. The smallest absolute Gasteiger partial charge is 0.352 e. The second kappa shape index (κ2) is 7.62. The highest BCUT2D eigenvalue weighted by Gasteiger charge is 2.30. The van der Waals surface area contributed by atoms with Crippen LogP contribution in [0, 0.1) is 0 Å². The van der Waals surface area contributed by atoms with E-state index in [0.717, 1.165) is 37.0 Å². The van der Waals surface area contributed by atoms with Crippen molar-refractivity contribution in [1.82, 2.24) is 15.3 Å². The number of alkyl halides is 3. The zero-order chi connectivity index (χ0) is 20.6. The van der Waals surface area contributed by atoms with E-state index in [4.69, 9.17) is 0 Å². The van der Waals surface area contributed by atoms with E-state index in [1.165, 1.54) is 28.3 Å². The highest BCUT2D eigenvalue weighted by atomic mass is 32.1. The van der Waals surface area contributed by atoms with Crippen molar-refractivity contribution in [2.75, 3.05) is 0 Å². The van der Waals surface area contributed by atoms with Gasteiger partial charge in [-0.2, -0.15) is 13.2 Å². The Hall–Kier alpha value is -2.68. The fourth-order valence-electron chi connectivity index (χ4n) is 3.54. The SMILES string of the molecule is O=C(CCc1nc2sc3c(c2c(=O)[nH]1)CCC3)NCc1cccc(C(F)(F)F)c1. The van der Waals surface area contributed by atoms with Crippen molar-refractivity contribution in [1.29, 1.82) is 0 Å². The zero-order valence-corrected chi connectivity index (χ0v) is 16.2. The summed E-state index contributed by atoms with van der Waals surface area (Å²) in [4.78, 5) is 33.7. The number of thiophene rings is 1. The molecule has 0 bridgehead atoms. The third-order valence-electron chi connectivity index (χ3n) is 4.96. The summed E-state index contributed by atoms with van der Waals surface area (Å²) in [6.45, 7) is 0.00335. The molecule has 2 heterocycles. The Morgan fingerprint density at radius 3 is 2.90 bits per heavy atom. The molecule has 1 aliphatic carbocycles. The molecule has 0 saturated carbocycles. The molecular formula is C20H18F3N3O2S. The van der Waals surface area contributed by atoms with Gasteiger partial charge in [0.05, 0.1) is 10.9 Å². The number of hydrogen-bond donors (Lipinski definition) is 2. The second-order valence-electron chi connectivity index (χ2n) is 7.02. The predicted molar refractivity (Wildman–Crippen MR) is 104 cm³/mol. The number of aryl methyl sites for hydroxylation is 3. The van der Waals surface area contributed by atoms with Crippen LogP contribution < -0.4 is 10.9 Å². The Morgan fingerprint density at radius 2 is 2.10 bits per heavy atom. The van der Waals surface area contributed by atoms with E-state index in [2.05, 4.69) is 15.3 Å². The molecule has 29 heavy (non-hydrogen) atoms. The molecule has 0 atom stereocenters. The summed E-state index contributed by atoms with van der Waals surface area (Å²) >= 11 is 1.54. The molecule has 4 rings (SSSR count). The van der Waals surface area contributed by atoms with E-state index in [9.17, 15) is 22.8 Å². The highest BCUT2D eigenvalue weighted by molar-refractivity contribution is 7.18. The van der Waals surface area contributed by atoms with Gasteiger partial charge in [-0.3, -0.25) is 9.59 Å². The molecule has 0 saturated heterocycles. The number of aromatic amines is 1. The van der Waals surface area contributed by atoms with Gasteiger partial charge in [-0.15, -0.1) is 11.3 Å². The Morgan fingerprint density at radius 1 is 1.28 bits per heavy atom. The lowest BCUT2D eigenvalue weighted by molar-refractivity contribution is -0.137. The lowest BCUT2D eigenvalue weighted by atomic mass is 10.1. The van der Waals surface area contributed by atoms with Gasteiger partial charge in [0.25, 0.3) is 5.56 Å². The molecule has 1 amide bonds. The highest BCUT2D eigenvalue weighted by Crippen LogP contribution is 2.34. The van der Waals surface area contributed by atoms with E-state index in [1.54, 1.807) is 0 Å². The van der Waals surface area contributed by atoms with Crippen LogP contribution in [0.2, 0.25) is 0 Å². The molecule has 152 valence electrons. The zero-order valence-electron chi connectivity index (χ0n) is 15.4. The number of aromatic nitrogens is 2. The van der Waals surface area contributed by atoms with Crippen LogP contribution in [0.3, 0.4) is 0 Å². The van der Waals surface area contributed by atoms with Gasteiger partial charge in [0, 0.05) is 24.3 Å². The first-order chi connectivity index (χ1) is 13.8. The molecule has 0 aliphatic heterocycles. The Balaban J connectivity index is 1.37. The van der Waals surface area contributed by atoms with E-state index in [-0.39, 0.29) is 30.9 Å². The maximum Gasteiger partial charge on any atom is 0.416 e. The summed E-state index contributed by atoms with van der Waals surface area (Å²) in [6, 6.07) is 4.85. The van der Waals surface area contributed by atoms with Gasteiger partial charge in [-0.25, -0.2) is 4.98 Å². The minimum absolute atomic E-state index is 0.00335. The molecule has 0 fully saturated rings. The first-order valence-corrected chi connectivity index (χ1v) is 10.1. The van der Waals surface area contributed by atoms with Crippen molar-refractivity contribution in [3.8, 4) is 0 Å². The van der Waals surface area contributed by atoms with E-state index in [1.807, 2.05) is 0 Å². The molecule has 1 aliphatic rings. The fraction of sp³-hybridized carbons (Fsp3) is 0.350. The van der Waals surface area contributed by atoms with Crippen LogP contribution in [0.1, 0.15) is 40.2 Å². The van der Waals surface area contributed by atoms with Gasteiger partial charge in [0.15, 0.2) is 0 Å². The predicted octanol–water partition coefficient (Wildman–Crippen LogP) is 3.74. The minimum atomic E-state index is -4.42. The van der Waals surface area contributed by atoms with Crippen LogP contribution in [-0.4, -0.2) is 15.9 Å². The summed E-state index contributed by atoms with van der Waals surface area (Å²) < 4.78 is 38.2. The number of carbonyl (C=O) groups excluding carboxylic acids is 1. The number of carbonyl (C=O) groups is 1. The third kappa shape index (κ3) is 4.19. The van der Waals surface area contributed by atoms with Gasteiger partial charge in [-0.05, 0) is 42.5 Å². The van der Waals surface area contributed by atoms with Crippen molar-refractivity contribution in [3.05, 3.63) is 62.0 Å². The number of fused-ring (bicyclic) bond motifs is 3. The lowest BCUT2D eigenvalue weighted by Crippen LogP contribution is -2.24. The maximum absolute atomic E-state index is 12.7. The van der Waals surface area contributed by atoms with Crippen LogP contribution >= 0.6 is 11.3 Å². The van der Waals surface area contributed by atoms with Gasteiger partial charge >= 0.3 is 6.18 Å². The largest absolute Gasteiger partial charge is 0.416 e. The quantitative estimate of drug-likeness (QED) is 0.659. The number of halogens is 3. The van der Waals surface area contributed by atoms with Crippen LogP contribution in [0.15, 0.2) is 29.1 Å². The van der Waals surface area contributed by atoms with Crippen molar-refractivity contribution >= 4 is 27.5 Å². The topological polar surface area (TPSA) is 74.8 Å². The van der Waals surface area contributed by atoms with Crippen molar-refractivity contribution < 1.29 is 18.0 Å².